The summed E-state index contributed by atoms with van der Waals surface area (Å²) in [7, 11) is -4.10. The molecule has 2 aliphatic heterocycles. The summed E-state index contributed by atoms with van der Waals surface area (Å²) in [5.74, 6) is 0. The minimum absolute atomic E-state index is 0.00664. The monoisotopic (exact) mass is 407 g/mol. The zero-order valence-electron chi connectivity index (χ0n) is 15.3. The van der Waals surface area contributed by atoms with Crippen molar-refractivity contribution in [2.75, 3.05) is 6.61 Å². The number of aliphatic hydroxyl groups excluding tert-OH is 1. The molecular formula is C20H22O7S. The molecule has 0 amide bonds. The number of ether oxygens (including phenoxy) is 3. The molecule has 2 bridgehead atoms. The summed E-state index contributed by atoms with van der Waals surface area (Å²) < 4.78 is 47.6. The van der Waals surface area contributed by atoms with Crippen LogP contribution in [0.3, 0.4) is 0 Å². The van der Waals surface area contributed by atoms with Crippen molar-refractivity contribution in [1.29, 1.82) is 0 Å². The van der Waals surface area contributed by atoms with Gasteiger partial charge in [0.1, 0.15) is 18.3 Å². The van der Waals surface area contributed by atoms with E-state index in [1.807, 2.05) is 37.3 Å². The molecule has 2 aliphatic rings. The molecule has 1 N–H and O–H groups in total. The van der Waals surface area contributed by atoms with Gasteiger partial charge in [-0.25, -0.2) is 0 Å². The number of hydrogen-bond donors (Lipinski definition) is 1. The molecular weight excluding hydrogens is 385 g/mol. The summed E-state index contributed by atoms with van der Waals surface area (Å²) >= 11 is 0. The number of hydrogen-bond acceptors (Lipinski definition) is 7. The van der Waals surface area contributed by atoms with Gasteiger partial charge in [0.15, 0.2) is 12.4 Å². The van der Waals surface area contributed by atoms with Crippen molar-refractivity contribution in [1.82, 2.24) is 0 Å². The lowest BCUT2D eigenvalue weighted by Gasteiger charge is -2.37. The predicted molar refractivity (Wildman–Crippen MR) is 98.9 cm³/mol. The van der Waals surface area contributed by atoms with Crippen molar-refractivity contribution in [3.8, 4) is 0 Å². The van der Waals surface area contributed by atoms with Crippen molar-refractivity contribution >= 4 is 10.1 Å². The van der Waals surface area contributed by atoms with E-state index >= 15 is 0 Å². The standard InChI is InChI=1S/C20H22O7S/c1-13-7-9-15(10-8-13)28(22,23)27-19-17(21)18(16-12-25-20(19)26-16)24-11-14-5-3-2-4-6-14/h2-10,16-21H,11-12H2,1H3/t16-,17+,18-,19-,20-/m1/s1/i12+1. The second-order valence-electron chi connectivity index (χ2n) is 6.96. The molecule has 0 radical (unpaired) electrons. The Bertz CT molecular complexity index is 898. The normalized spacial score (nSPS) is 29.7. The third-order valence-electron chi connectivity index (χ3n) is 4.87. The smallest absolute Gasteiger partial charge is 0.297 e. The lowest BCUT2D eigenvalue weighted by Crippen LogP contribution is -2.56. The summed E-state index contributed by atoms with van der Waals surface area (Å²) in [6.07, 6.45) is -4.64. The molecule has 2 aromatic carbocycles. The van der Waals surface area contributed by atoms with Crippen molar-refractivity contribution in [2.45, 2.75) is 49.1 Å². The first-order chi connectivity index (χ1) is 13.4. The van der Waals surface area contributed by atoms with Crippen molar-refractivity contribution in [2.24, 2.45) is 0 Å². The average Bonchev–Trinajstić information content (AvgIpc) is 3.12. The van der Waals surface area contributed by atoms with Crippen LogP contribution in [-0.4, -0.2) is 50.8 Å². The highest BCUT2D eigenvalue weighted by molar-refractivity contribution is 7.86. The zero-order valence-corrected chi connectivity index (χ0v) is 16.1. The summed E-state index contributed by atoms with van der Waals surface area (Å²) in [5, 5.41) is 10.8. The first-order valence-corrected chi connectivity index (χ1v) is 10.5. The minimum Gasteiger partial charge on any atom is -0.387 e. The van der Waals surface area contributed by atoms with Crippen LogP contribution < -0.4 is 0 Å². The highest BCUT2D eigenvalue weighted by atomic mass is 32.2. The molecule has 0 spiro atoms. The molecule has 150 valence electrons. The van der Waals surface area contributed by atoms with E-state index in [1.165, 1.54) is 12.1 Å². The Hall–Kier alpha value is -1.81. The van der Waals surface area contributed by atoms with E-state index in [9.17, 15) is 13.5 Å². The van der Waals surface area contributed by atoms with Crippen LogP contribution in [0.1, 0.15) is 11.1 Å². The molecule has 0 aliphatic carbocycles. The van der Waals surface area contributed by atoms with E-state index in [0.717, 1.165) is 11.1 Å². The number of aryl methyl sites for hydroxylation is 1. The molecule has 2 saturated heterocycles. The quantitative estimate of drug-likeness (QED) is 0.576. The average molecular weight is 407 g/mol. The highest BCUT2D eigenvalue weighted by Crippen LogP contribution is 2.34. The molecule has 0 unspecified atom stereocenters. The van der Waals surface area contributed by atoms with Crippen LogP contribution in [0, 0.1) is 6.92 Å². The number of rotatable bonds is 6. The Balaban J connectivity index is 1.49. The Labute approximate surface area is 163 Å². The number of aliphatic hydroxyl groups is 1. The Morgan fingerprint density at radius 3 is 2.50 bits per heavy atom. The van der Waals surface area contributed by atoms with Gasteiger partial charge in [0.25, 0.3) is 10.1 Å². The first kappa shape index (κ1) is 19.5. The number of benzene rings is 2. The van der Waals surface area contributed by atoms with Crippen LogP contribution in [0.15, 0.2) is 59.5 Å². The van der Waals surface area contributed by atoms with Gasteiger partial charge in [0, 0.05) is 0 Å². The largest absolute Gasteiger partial charge is 0.387 e. The molecule has 7 nitrogen and oxygen atoms in total. The maximum atomic E-state index is 12.6. The summed E-state index contributed by atoms with van der Waals surface area (Å²) in [5.41, 5.74) is 1.86. The minimum atomic E-state index is -4.10. The molecule has 0 saturated carbocycles. The Kier molecular flexibility index (Phi) is 5.50. The maximum Gasteiger partial charge on any atom is 0.297 e. The van der Waals surface area contributed by atoms with E-state index in [1.54, 1.807) is 12.1 Å². The van der Waals surface area contributed by atoms with Gasteiger partial charge in [0.2, 0.25) is 0 Å². The van der Waals surface area contributed by atoms with Crippen molar-refractivity contribution in [3.63, 3.8) is 0 Å². The van der Waals surface area contributed by atoms with E-state index in [2.05, 4.69) is 0 Å². The summed E-state index contributed by atoms with van der Waals surface area (Å²) in [4.78, 5) is 0.00664. The second-order valence-corrected chi connectivity index (χ2v) is 8.53. The van der Waals surface area contributed by atoms with Crippen LogP contribution in [0.2, 0.25) is 0 Å². The topological polar surface area (TPSA) is 91.3 Å². The SMILES string of the molecule is Cc1ccc(S(=O)(=O)O[C@H]2[C@@H]3O[13CH2][C@@H](O3)[C@@H](OCc3ccccc3)[C@@H]2O)cc1. The van der Waals surface area contributed by atoms with Gasteiger partial charge >= 0.3 is 0 Å². The molecule has 8 heteroatoms. The van der Waals surface area contributed by atoms with Gasteiger partial charge in [-0.05, 0) is 24.6 Å². The Morgan fingerprint density at radius 1 is 1.07 bits per heavy atom. The number of fused-ring (bicyclic) bond motifs is 2. The van der Waals surface area contributed by atoms with Crippen LogP contribution >= 0.6 is 0 Å². The van der Waals surface area contributed by atoms with E-state index in [4.69, 9.17) is 18.4 Å². The molecule has 0 aromatic heterocycles. The van der Waals surface area contributed by atoms with E-state index < -0.39 is 40.8 Å². The second kappa shape index (κ2) is 7.90. The predicted octanol–water partition coefficient (Wildman–Crippen LogP) is 1.77. The highest BCUT2D eigenvalue weighted by Gasteiger charge is 2.53. The fraction of sp³-hybridized carbons (Fsp3) is 0.400. The lowest BCUT2D eigenvalue weighted by molar-refractivity contribution is -0.232. The fourth-order valence-corrected chi connectivity index (χ4v) is 4.41. The zero-order chi connectivity index (χ0) is 19.7. The van der Waals surface area contributed by atoms with Crippen LogP contribution in [-0.2, 0) is 35.1 Å². The lowest BCUT2D eigenvalue weighted by atomic mass is 10.0. The van der Waals surface area contributed by atoms with Gasteiger partial charge in [-0.3, -0.25) is 4.18 Å². The molecule has 2 aromatic rings. The molecule has 5 atom stereocenters. The first-order valence-electron chi connectivity index (χ1n) is 9.05. The molecule has 2 fully saturated rings. The third-order valence-corrected chi connectivity index (χ3v) is 6.20. The van der Waals surface area contributed by atoms with Gasteiger partial charge in [-0.15, -0.1) is 0 Å². The van der Waals surface area contributed by atoms with Crippen LogP contribution in [0.25, 0.3) is 0 Å². The summed E-state index contributed by atoms with van der Waals surface area (Å²) in [6, 6.07) is 15.8. The van der Waals surface area contributed by atoms with Gasteiger partial charge in [0.05, 0.1) is 18.1 Å². The van der Waals surface area contributed by atoms with Crippen LogP contribution in [0.5, 0.6) is 0 Å². The maximum absolute atomic E-state index is 12.6. The third kappa shape index (κ3) is 3.98. The molecule has 28 heavy (non-hydrogen) atoms. The molecule has 2 heterocycles. The van der Waals surface area contributed by atoms with Gasteiger partial charge < -0.3 is 19.3 Å². The molecule has 4 rings (SSSR count). The van der Waals surface area contributed by atoms with Gasteiger partial charge in [-0.1, -0.05) is 48.0 Å². The van der Waals surface area contributed by atoms with Crippen molar-refractivity contribution in [3.05, 3.63) is 65.7 Å². The summed E-state index contributed by atoms with van der Waals surface area (Å²) in [6.45, 7) is 2.31. The van der Waals surface area contributed by atoms with Crippen molar-refractivity contribution < 1.29 is 31.9 Å². The van der Waals surface area contributed by atoms with Crippen LogP contribution in [0.4, 0.5) is 0 Å². The Morgan fingerprint density at radius 2 is 1.79 bits per heavy atom. The van der Waals surface area contributed by atoms with E-state index in [0.29, 0.717) is 0 Å². The van der Waals surface area contributed by atoms with E-state index in [-0.39, 0.29) is 18.1 Å². The van der Waals surface area contributed by atoms with Gasteiger partial charge in [-0.2, -0.15) is 8.42 Å². The fourth-order valence-electron chi connectivity index (χ4n) is 3.33.